The summed E-state index contributed by atoms with van der Waals surface area (Å²) < 4.78 is 76.1. The van der Waals surface area contributed by atoms with Crippen LogP contribution in [0, 0.1) is 24.0 Å². The Kier molecular flexibility index (Phi) is 17.3. The van der Waals surface area contributed by atoms with Crippen molar-refractivity contribution in [3.63, 3.8) is 0 Å². The first-order chi connectivity index (χ1) is 37.3. The van der Waals surface area contributed by atoms with Crippen LogP contribution in [0.4, 0.5) is 24.5 Å². The molecule has 6 heterocycles. The Hall–Kier alpha value is -6.76. The largest absolute Gasteiger partial charge is 0.391 e. The number of carbonyl (C=O) groups is 4. The number of piperazine rings is 1. The van der Waals surface area contributed by atoms with Gasteiger partial charge in [-0.1, -0.05) is 57.2 Å². The van der Waals surface area contributed by atoms with Gasteiger partial charge in [0, 0.05) is 100.0 Å². The molecular weight excluding hydrogens is 1050 g/mol. The number of fused-ring (bicyclic) bond motifs is 1. The minimum absolute atomic E-state index is 0.00979. The van der Waals surface area contributed by atoms with Gasteiger partial charge in [-0.25, -0.2) is 36.6 Å². The number of anilines is 2. The highest BCUT2D eigenvalue weighted by Crippen LogP contribution is 2.34. The number of nitrogens with zero attached hydrogens (tertiary/aromatic N) is 7. The smallest absolute Gasteiger partial charge is 0.246 e. The SMILES string of the molecule is Cc1ncsc1-c1ccc(CNC(=O)[C@@H]2C[C@@H](O)CN2C(=O)[C@@H](NC(=O)COCCCN2CCN(c3ccc(-c4cnc5[nH]cc(C(=O)c6c(F)ccc(N(N7CC[C@@H](F)C7)[SH](=O)=O)c6F)c5c4)cc3)CC2)C(C)(C)C)cc1. The van der Waals surface area contributed by atoms with Crippen LogP contribution in [0.5, 0.6) is 0 Å². The molecule has 0 unspecified atom stereocenters. The number of aryl methyl sites for hydroxylation is 1. The molecule has 3 aliphatic heterocycles. The van der Waals surface area contributed by atoms with Gasteiger partial charge in [0.1, 0.15) is 42.0 Å². The predicted molar refractivity (Wildman–Crippen MR) is 291 cm³/mol. The van der Waals surface area contributed by atoms with Crippen molar-refractivity contribution in [3.8, 4) is 21.6 Å². The number of benzene rings is 3. The van der Waals surface area contributed by atoms with Crippen LogP contribution in [-0.4, -0.2) is 157 Å². The second-order valence-electron chi connectivity index (χ2n) is 21.0. The number of rotatable bonds is 19. The monoisotopic (exact) mass is 1110 g/mol. The van der Waals surface area contributed by atoms with Crippen LogP contribution < -0.4 is 19.9 Å². The minimum atomic E-state index is -3.50. The van der Waals surface area contributed by atoms with E-state index in [1.54, 1.807) is 29.1 Å². The number of ketones is 1. The quantitative estimate of drug-likeness (QED) is 0.0369. The zero-order valence-corrected chi connectivity index (χ0v) is 45.4. The summed E-state index contributed by atoms with van der Waals surface area (Å²) in [4.78, 5) is 73.3. The van der Waals surface area contributed by atoms with Crippen LogP contribution in [0.15, 0.2) is 84.6 Å². The van der Waals surface area contributed by atoms with Crippen molar-refractivity contribution in [1.82, 2.24) is 40.4 Å². The van der Waals surface area contributed by atoms with Crippen LogP contribution in [-0.2, 0) is 36.6 Å². The Morgan fingerprint density at radius 3 is 2.35 bits per heavy atom. The number of hydrazine groups is 1. The molecule has 0 radical (unpaired) electrons. The number of β-amino-alcohol motifs (C(OH)–C–C–N with tert-alkyl or cyclic N) is 1. The maximum absolute atomic E-state index is 16.1. The summed E-state index contributed by atoms with van der Waals surface area (Å²) in [5, 5.41) is 17.8. The highest BCUT2D eigenvalue weighted by molar-refractivity contribution is 7.73. The summed E-state index contributed by atoms with van der Waals surface area (Å²) in [6, 6.07) is 17.2. The molecule has 0 aliphatic carbocycles. The number of nitrogens with one attached hydrogen (secondary N) is 3. The van der Waals surface area contributed by atoms with Gasteiger partial charge in [0.05, 0.1) is 34.3 Å². The van der Waals surface area contributed by atoms with E-state index in [1.807, 2.05) is 76.2 Å². The second kappa shape index (κ2) is 24.1. The number of thiazole rings is 1. The number of aromatic amines is 1. The van der Waals surface area contributed by atoms with Gasteiger partial charge in [-0.15, -0.1) is 11.3 Å². The molecule has 3 saturated heterocycles. The number of H-pyrrole nitrogens is 1. The third-order valence-electron chi connectivity index (χ3n) is 14.5. The van der Waals surface area contributed by atoms with Crippen LogP contribution >= 0.6 is 11.3 Å². The Morgan fingerprint density at radius 2 is 1.68 bits per heavy atom. The van der Waals surface area contributed by atoms with Crippen molar-refractivity contribution >= 4 is 68.1 Å². The standard InChI is InChI=1S/C55H63F3N10O8S2/c1-33-50(77-32-62-33)36-8-6-34(7-9-36)26-61-53(72)45-25-40(69)30-67(45)54(73)51(55(2,3)4)63-46(70)31-76-23-5-17-64-19-21-65(22-20-64)39-12-10-35(11-13-39)37-24-41-42(28-60-52(41)59-27-37)49(71)47-43(57)14-15-44(48(47)58)68(78(74)75)66-18-16-38(56)29-66/h6-15,24,27-28,32,38,40,45,51,69,78H,5,16-23,25-26,29-31H2,1-4H3,(H,59,60)(H,61,72)(H,63,70)/t38-,40-,45+,51-/m1/s1. The zero-order valence-electron chi connectivity index (χ0n) is 43.7. The molecule has 0 saturated carbocycles. The fourth-order valence-corrected chi connectivity index (χ4v) is 11.7. The number of hydrogen-bond donors (Lipinski definition) is 5. The molecule has 3 fully saturated rings. The van der Waals surface area contributed by atoms with Gasteiger partial charge in [-0.05, 0) is 72.2 Å². The van der Waals surface area contributed by atoms with E-state index in [0.717, 1.165) is 82.8 Å². The van der Waals surface area contributed by atoms with Gasteiger partial charge in [0.25, 0.3) is 0 Å². The number of aromatic nitrogens is 3. The van der Waals surface area contributed by atoms with Gasteiger partial charge in [-0.2, -0.15) is 4.41 Å². The lowest BCUT2D eigenvalue weighted by atomic mass is 9.85. The Bertz CT molecular complexity index is 3230. The number of aliphatic hydroxyl groups is 1. The van der Waals surface area contributed by atoms with Gasteiger partial charge >= 0.3 is 0 Å². The molecule has 3 aromatic carbocycles. The predicted octanol–water partition coefficient (Wildman–Crippen LogP) is 5.80. The van der Waals surface area contributed by atoms with Crippen LogP contribution in [0.3, 0.4) is 0 Å². The molecule has 0 spiro atoms. The molecule has 18 nitrogen and oxygen atoms in total. The number of carbonyl (C=O) groups excluding carboxylic acids is 4. The third kappa shape index (κ3) is 12.6. The summed E-state index contributed by atoms with van der Waals surface area (Å²) in [6.07, 6.45) is 1.49. The van der Waals surface area contributed by atoms with E-state index in [-0.39, 0.29) is 57.1 Å². The number of thiol groups is 1. The van der Waals surface area contributed by atoms with Gasteiger partial charge in [0.2, 0.25) is 34.4 Å². The third-order valence-corrected chi connectivity index (χ3v) is 16.2. The van der Waals surface area contributed by atoms with Crippen molar-refractivity contribution in [1.29, 1.82) is 0 Å². The molecule has 4 atom stereocenters. The summed E-state index contributed by atoms with van der Waals surface area (Å²) in [6.45, 7) is 11.3. The van der Waals surface area contributed by atoms with Gasteiger partial charge in [0.15, 0.2) is 5.82 Å². The van der Waals surface area contributed by atoms with Gasteiger partial charge in [-0.3, -0.25) is 24.1 Å². The van der Waals surface area contributed by atoms with Crippen LogP contribution in [0.1, 0.15) is 67.2 Å². The second-order valence-corrected chi connectivity index (χ2v) is 22.7. The average molecular weight is 1110 g/mol. The Labute approximate surface area is 455 Å². The molecular formula is C55H63F3N10O8S2. The van der Waals surface area contributed by atoms with E-state index in [0.29, 0.717) is 34.0 Å². The van der Waals surface area contributed by atoms with E-state index in [9.17, 15) is 37.1 Å². The number of likely N-dealkylation sites (tertiary alicyclic amines) is 1. The number of aliphatic hydroxyl groups excluding tert-OH is 1. The first kappa shape index (κ1) is 56.0. The number of ether oxygens (including phenoxy) is 1. The maximum atomic E-state index is 16.1. The lowest BCUT2D eigenvalue weighted by Crippen LogP contribution is -2.58. The molecule has 23 heteroatoms. The minimum Gasteiger partial charge on any atom is -0.391 e. The highest BCUT2D eigenvalue weighted by atomic mass is 32.2. The lowest BCUT2D eigenvalue weighted by Gasteiger charge is -2.36. The molecule has 3 aliphatic rings. The molecule has 6 aromatic rings. The van der Waals surface area contributed by atoms with Gasteiger partial charge < -0.3 is 35.3 Å². The molecule has 4 N–H and O–H groups in total. The van der Waals surface area contributed by atoms with Crippen molar-refractivity contribution in [2.75, 3.05) is 74.9 Å². The number of halogens is 3. The summed E-state index contributed by atoms with van der Waals surface area (Å²) in [5.41, 5.74) is 5.07. The fourth-order valence-electron chi connectivity index (χ4n) is 10.2. The van der Waals surface area contributed by atoms with E-state index >= 15 is 8.78 Å². The molecule has 0 bridgehead atoms. The topological polar surface area (TPSA) is 214 Å². The Balaban J connectivity index is 0.726. The maximum Gasteiger partial charge on any atom is 0.246 e. The molecule has 9 rings (SSSR count). The van der Waals surface area contributed by atoms with Crippen molar-refractivity contribution in [2.24, 2.45) is 5.41 Å². The van der Waals surface area contributed by atoms with Crippen molar-refractivity contribution < 1.29 is 50.6 Å². The van der Waals surface area contributed by atoms with E-state index < -0.39 is 81.1 Å². The normalized spacial score (nSPS) is 18.7. The van der Waals surface area contributed by atoms with Crippen molar-refractivity contribution in [3.05, 3.63) is 119 Å². The first-order valence-electron chi connectivity index (χ1n) is 25.9. The number of pyridine rings is 1. The van der Waals surface area contributed by atoms with Crippen LogP contribution in [0.2, 0.25) is 0 Å². The lowest BCUT2D eigenvalue weighted by molar-refractivity contribution is -0.144. The van der Waals surface area contributed by atoms with Crippen LogP contribution in [0.25, 0.3) is 32.6 Å². The summed E-state index contributed by atoms with van der Waals surface area (Å²) in [5.74, 6) is -4.89. The highest BCUT2D eigenvalue weighted by Gasteiger charge is 2.44. The molecule has 78 heavy (non-hydrogen) atoms. The Morgan fingerprint density at radius 1 is 0.949 bits per heavy atom. The molecule has 414 valence electrons. The van der Waals surface area contributed by atoms with Crippen molar-refractivity contribution in [2.45, 2.75) is 77.9 Å². The number of hydrogen-bond acceptors (Lipinski definition) is 14. The molecule has 3 aromatic heterocycles. The van der Waals surface area contributed by atoms with E-state index in [4.69, 9.17) is 4.74 Å². The van der Waals surface area contributed by atoms with E-state index in [2.05, 4.69) is 35.4 Å². The fraction of sp³-hybridized carbons (Fsp3) is 0.418. The first-order valence-corrected chi connectivity index (χ1v) is 27.9. The van der Waals surface area contributed by atoms with E-state index in [1.165, 1.54) is 11.1 Å². The summed E-state index contributed by atoms with van der Waals surface area (Å²) in [7, 11) is -3.50. The molecule has 3 amide bonds. The average Bonchev–Trinajstić information content (AvgIpc) is 4.27. The number of amides is 3. The number of alkyl halides is 1. The zero-order chi connectivity index (χ0) is 55.4. The summed E-state index contributed by atoms with van der Waals surface area (Å²) >= 11 is 1.56.